The van der Waals surface area contributed by atoms with E-state index in [1.54, 1.807) is 0 Å². The molecule has 0 unspecified atom stereocenters. The quantitative estimate of drug-likeness (QED) is 0.236. The van der Waals surface area contributed by atoms with Crippen LogP contribution >= 0.6 is 0 Å². The largest absolute Gasteiger partial charge is 0.456 e. The van der Waals surface area contributed by atoms with Gasteiger partial charge in [-0.25, -0.2) is 0 Å². The van der Waals surface area contributed by atoms with Gasteiger partial charge in [0.25, 0.3) is 0 Å². The third-order valence-corrected chi connectivity index (χ3v) is 7.87. The van der Waals surface area contributed by atoms with E-state index >= 15 is 0 Å². The lowest BCUT2D eigenvalue weighted by Crippen LogP contribution is -1.97. The van der Waals surface area contributed by atoms with E-state index in [1.165, 1.54) is 60.5 Å². The molecule has 0 aromatic heterocycles. The molecular formula is C38H24O. The maximum absolute atomic E-state index is 6.22. The predicted molar refractivity (Wildman–Crippen MR) is 163 cm³/mol. The number of fused-ring (bicyclic) bond motifs is 3. The standard InChI is InChI=1S/C38H24O/c1-2-10-32-28(7-1)8-5-12-33(32)29-21-19-26(20-22-29)25-15-17-27(18-16-25)31-23-30-9-6-14-37-38(30)35(24-31)34-11-3-4-13-36(34)39-37/h1-24H. The minimum atomic E-state index is 0.914. The van der Waals surface area contributed by atoms with Gasteiger partial charge in [-0.3, -0.25) is 0 Å². The fourth-order valence-electron chi connectivity index (χ4n) is 5.93. The van der Waals surface area contributed by atoms with Gasteiger partial charge < -0.3 is 4.74 Å². The van der Waals surface area contributed by atoms with E-state index in [0.717, 1.165) is 17.1 Å². The van der Waals surface area contributed by atoms with E-state index in [2.05, 4.69) is 133 Å². The summed E-state index contributed by atoms with van der Waals surface area (Å²) in [7, 11) is 0. The normalized spacial score (nSPS) is 11.8. The SMILES string of the molecule is c1ccc2c(c1)Oc1cccc3cc(-c4ccc(-c5ccc(-c6cccc7ccccc67)cc5)cc4)cc-2c13. The summed E-state index contributed by atoms with van der Waals surface area (Å²) in [6.45, 7) is 0. The molecule has 0 atom stereocenters. The molecule has 0 fully saturated rings. The molecule has 1 aliphatic rings. The second-order valence-electron chi connectivity index (χ2n) is 10.2. The van der Waals surface area contributed by atoms with Gasteiger partial charge in [-0.2, -0.15) is 0 Å². The highest BCUT2D eigenvalue weighted by molar-refractivity contribution is 6.06. The lowest BCUT2D eigenvalue weighted by molar-refractivity contribution is 0.487. The molecule has 182 valence electrons. The highest BCUT2D eigenvalue weighted by Gasteiger charge is 2.20. The molecule has 0 bridgehead atoms. The van der Waals surface area contributed by atoms with Crippen LogP contribution in [0.1, 0.15) is 0 Å². The van der Waals surface area contributed by atoms with Crippen molar-refractivity contribution in [3.8, 4) is 56.0 Å². The first kappa shape index (κ1) is 21.9. The van der Waals surface area contributed by atoms with Crippen LogP contribution in [0.2, 0.25) is 0 Å². The van der Waals surface area contributed by atoms with Gasteiger partial charge in [0.05, 0.1) is 0 Å². The molecule has 0 N–H and O–H groups in total. The molecule has 7 aromatic rings. The van der Waals surface area contributed by atoms with Gasteiger partial charge in [0.1, 0.15) is 11.5 Å². The van der Waals surface area contributed by atoms with Crippen molar-refractivity contribution < 1.29 is 4.74 Å². The van der Waals surface area contributed by atoms with Gasteiger partial charge >= 0.3 is 0 Å². The minimum Gasteiger partial charge on any atom is -0.456 e. The van der Waals surface area contributed by atoms with Crippen molar-refractivity contribution in [2.24, 2.45) is 0 Å². The first-order valence-electron chi connectivity index (χ1n) is 13.3. The molecule has 39 heavy (non-hydrogen) atoms. The summed E-state index contributed by atoms with van der Waals surface area (Å²) >= 11 is 0. The van der Waals surface area contributed by atoms with E-state index in [1.807, 2.05) is 12.1 Å². The van der Waals surface area contributed by atoms with Crippen molar-refractivity contribution in [3.63, 3.8) is 0 Å². The van der Waals surface area contributed by atoms with E-state index in [0.29, 0.717) is 0 Å². The van der Waals surface area contributed by atoms with Crippen molar-refractivity contribution in [2.75, 3.05) is 0 Å². The molecule has 1 nitrogen and oxygen atoms in total. The van der Waals surface area contributed by atoms with Crippen molar-refractivity contribution in [1.29, 1.82) is 0 Å². The van der Waals surface area contributed by atoms with E-state index in [9.17, 15) is 0 Å². The zero-order valence-electron chi connectivity index (χ0n) is 21.3. The smallest absolute Gasteiger partial charge is 0.135 e. The topological polar surface area (TPSA) is 9.23 Å². The molecule has 0 aliphatic carbocycles. The Morgan fingerprint density at radius 2 is 0.897 bits per heavy atom. The first-order chi connectivity index (χ1) is 19.3. The van der Waals surface area contributed by atoms with Crippen molar-refractivity contribution in [3.05, 3.63) is 146 Å². The Balaban J connectivity index is 1.15. The van der Waals surface area contributed by atoms with E-state index in [4.69, 9.17) is 4.74 Å². The molecule has 1 heterocycles. The summed E-state index contributed by atoms with van der Waals surface area (Å²) < 4.78 is 6.22. The number of hydrogen-bond donors (Lipinski definition) is 0. The highest BCUT2D eigenvalue weighted by Crippen LogP contribution is 2.47. The average molecular weight is 497 g/mol. The minimum absolute atomic E-state index is 0.914. The molecule has 0 amide bonds. The number of para-hydroxylation sites is 1. The van der Waals surface area contributed by atoms with Gasteiger partial charge in [-0.15, -0.1) is 0 Å². The second kappa shape index (κ2) is 8.72. The van der Waals surface area contributed by atoms with Gasteiger partial charge in [0, 0.05) is 10.9 Å². The Labute approximate surface area is 227 Å². The summed E-state index contributed by atoms with van der Waals surface area (Å²) in [5.41, 5.74) is 9.73. The molecule has 1 heteroatoms. The Morgan fingerprint density at radius 3 is 1.72 bits per heavy atom. The van der Waals surface area contributed by atoms with E-state index < -0.39 is 0 Å². The van der Waals surface area contributed by atoms with Crippen LogP contribution < -0.4 is 4.74 Å². The van der Waals surface area contributed by atoms with Crippen LogP contribution in [0, 0.1) is 0 Å². The maximum atomic E-state index is 6.22. The van der Waals surface area contributed by atoms with Crippen molar-refractivity contribution in [2.45, 2.75) is 0 Å². The molecule has 1 aliphatic heterocycles. The molecule has 0 radical (unpaired) electrons. The lowest BCUT2D eigenvalue weighted by Gasteiger charge is -2.22. The summed E-state index contributed by atoms with van der Waals surface area (Å²) in [5.74, 6) is 1.84. The molecule has 0 saturated heterocycles. The Morgan fingerprint density at radius 1 is 0.333 bits per heavy atom. The molecule has 0 saturated carbocycles. The van der Waals surface area contributed by atoms with Gasteiger partial charge in [-0.1, -0.05) is 121 Å². The van der Waals surface area contributed by atoms with Crippen LogP contribution in [0.3, 0.4) is 0 Å². The Kier molecular flexibility index (Phi) is 4.89. The Bertz CT molecular complexity index is 2010. The second-order valence-corrected chi connectivity index (χ2v) is 10.2. The molecule has 8 rings (SSSR count). The molecule has 0 spiro atoms. The third-order valence-electron chi connectivity index (χ3n) is 7.87. The Hall–Kier alpha value is -5.14. The predicted octanol–water partition coefficient (Wildman–Crippen LogP) is 10.8. The average Bonchev–Trinajstić information content (AvgIpc) is 3.01. The summed E-state index contributed by atoms with van der Waals surface area (Å²) in [6, 6.07) is 52.1. The van der Waals surface area contributed by atoms with Gasteiger partial charge in [0.15, 0.2) is 0 Å². The summed E-state index contributed by atoms with van der Waals surface area (Å²) in [5, 5.41) is 4.93. The summed E-state index contributed by atoms with van der Waals surface area (Å²) in [4.78, 5) is 0. The zero-order chi connectivity index (χ0) is 25.8. The molecular weight excluding hydrogens is 472 g/mol. The molecule has 7 aromatic carbocycles. The first-order valence-corrected chi connectivity index (χ1v) is 13.3. The van der Waals surface area contributed by atoms with Gasteiger partial charge in [-0.05, 0) is 79.4 Å². The summed E-state index contributed by atoms with van der Waals surface area (Å²) in [6.07, 6.45) is 0. The fourth-order valence-corrected chi connectivity index (χ4v) is 5.93. The number of benzene rings is 7. The number of ether oxygens (including phenoxy) is 1. The van der Waals surface area contributed by atoms with Crippen molar-refractivity contribution in [1.82, 2.24) is 0 Å². The van der Waals surface area contributed by atoms with Crippen LogP contribution in [-0.4, -0.2) is 0 Å². The van der Waals surface area contributed by atoms with Crippen molar-refractivity contribution >= 4 is 21.5 Å². The van der Waals surface area contributed by atoms with Crippen LogP contribution in [0.5, 0.6) is 11.5 Å². The fraction of sp³-hybridized carbons (Fsp3) is 0. The number of hydrogen-bond acceptors (Lipinski definition) is 1. The third kappa shape index (κ3) is 3.63. The van der Waals surface area contributed by atoms with Crippen LogP contribution in [-0.2, 0) is 0 Å². The maximum Gasteiger partial charge on any atom is 0.135 e. The zero-order valence-corrected chi connectivity index (χ0v) is 21.3. The monoisotopic (exact) mass is 496 g/mol. The van der Waals surface area contributed by atoms with E-state index in [-0.39, 0.29) is 0 Å². The van der Waals surface area contributed by atoms with Gasteiger partial charge in [0.2, 0.25) is 0 Å². The van der Waals surface area contributed by atoms with Crippen LogP contribution in [0.15, 0.2) is 146 Å². The van der Waals surface area contributed by atoms with Crippen LogP contribution in [0.25, 0.3) is 66.1 Å². The number of rotatable bonds is 3. The highest BCUT2D eigenvalue weighted by atomic mass is 16.5. The van der Waals surface area contributed by atoms with Crippen LogP contribution in [0.4, 0.5) is 0 Å². The lowest BCUT2D eigenvalue weighted by atomic mass is 9.90.